The van der Waals surface area contributed by atoms with Crippen molar-refractivity contribution in [1.29, 1.82) is 0 Å². The van der Waals surface area contributed by atoms with Gasteiger partial charge in [0.15, 0.2) is 0 Å². The number of aromatic nitrogens is 2. The van der Waals surface area contributed by atoms with Gasteiger partial charge in [0, 0.05) is 89.3 Å². The third kappa shape index (κ3) is 7.85. The Balaban J connectivity index is 0.803. The molecule has 6 heteroatoms. The zero-order valence-electron chi connectivity index (χ0n) is 47.9. The van der Waals surface area contributed by atoms with Gasteiger partial charge >= 0.3 is 0 Å². The lowest BCUT2D eigenvalue weighted by Gasteiger charge is -2.26. The minimum atomic E-state index is 0.00940. The summed E-state index contributed by atoms with van der Waals surface area (Å²) < 4.78 is 18.7. The first kappa shape index (κ1) is 49.5. The second-order valence-electron chi connectivity index (χ2n) is 24.6. The van der Waals surface area contributed by atoms with Gasteiger partial charge in [-0.05, 0) is 166 Å². The van der Waals surface area contributed by atoms with Gasteiger partial charge in [-0.1, -0.05) is 151 Å². The average Bonchev–Trinajstić information content (AvgIpc) is 2.48. The van der Waals surface area contributed by atoms with Gasteiger partial charge in [-0.15, -0.1) is 0 Å². The Bertz CT molecular complexity index is 4960. The zero-order chi connectivity index (χ0) is 56.6. The van der Waals surface area contributed by atoms with Crippen LogP contribution in [0.3, 0.4) is 0 Å². The van der Waals surface area contributed by atoms with E-state index in [0.29, 0.717) is 0 Å². The molecule has 0 saturated heterocycles. The van der Waals surface area contributed by atoms with Crippen LogP contribution < -0.4 is 9.80 Å². The molecule has 6 nitrogen and oxygen atoms in total. The number of fused-ring (bicyclic) bond motifs is 13. The first-order chi connectivity index (χ1) is 40.9. The molecule has 0 spiro atoms. The molecule has 0 aliphatic heterocycles. The third-order valence-electron chi connectivity index (χ3n) is 17.3. The Hall–Kier alpha value is -10.3. The monoisotopic (exact) mass is 1080 g/mol. The van der Waals surface area contributed by atoms with E-state index < -0.39 is 0 Å². The van der Waals surface area contributed by atoms with E-state index in [9.17, 15) is 0 Å². The van der Waals surface area contributed by atoms with Crippen molar-refractivity contribution in [2.45, 2.75) is 52.4 Å². The Kier molecular flexibility index (Phi) is 11.0. The zero-order valence-corrected chi connectivity index (χ0v) is 47.9. The van der Waals surface area contributed by atoms with Gasteiger partial charge in [-0.25, -0.2) is 0 Å². The van der Waals surface area contributed by atoms with Gasteiger partial charge < -0.3 is 27.8 Å². The summed E-state index contributed by atoms with van der Waals surface area (Å²) in [6, 6.07) is 92.6. The van der Waals surface area contributed by atoms with Crippen molar-refractivity contribution in [1.82, 2.24) is 9.13 Å². The summed E-state index contributed by atoms with van der Waals surface area (Å²) >= 11 is 0. The number of para-hydroxylation sites is 4. The summed E-state index contributed by atoms with van der Waals surface area (Å²) in [6.45, 7) is 13.7. The second-order valence-corrected chi connectivity index (χ2v) is 24.6. The van der Waals surface area contributed by atoms with Gasteiger partial charge in [0.25, 0.3) is 0 Å². The molecule has 84 heavy (non-hydrogen) atoms. The maximum atomic E-state index is 6.93. The summed E-state index contributed by atoms with van der Waals surface area (Å²) in [5.41, 5.74) is 19.2. The van der Waals surface area contributed by atoms with Gasteiger partial charge in [-0.3, -0.25) is 0 Å². The molecule has 0 unspecified atom stereocenters. The Morgan fingerprint density at radius 1 is 0.286 bits per heavy atom. The van der Waals surface area contributed by atoms with Gasteiger partial charge in [0.1, 0.15) is 22.3 Å². The largest absolute Gasteiger partial charge is 0.456 e. The van der Waals surface area contributed by atoms with E-state index in [4.69, 9.17) is 8.83 Å². The van der Waals surface area contributed by atoms with Crippen molar-refractivity contribution >= 4 is 132 Å². The molecule has 0 fully saturated rings. The van der Waals surface area contributed by atoms with Crippen LogP contribution in [0.25, 0.3) is 110 Å². The standard InChI is InChI=1S/C78H60N4O2/c1-77(2,3)51-21-17-27-55(45-51)81-65-31-15-13-29-61(65)75-67(33-19-35-69(75)81)79(53-23-9-7-10-24-53)57-37-39-59-63-41-49-44-72-64(42-50(49)43-71(63)83-73(59)47-57)60-40-38-58(48-74(60)84-72)80(54-25-11-8-12-26-54)68-34-20-36-70-76(68)62-30-14-16-32-66(62)82(70)56-28-18-22-52(46-56)78(4,5)6/h7-48H,1-6H3. The van der Waals surface area contributed by atoms with Crippen molar-refractivity contribution in [3.8, 4) is 11.4 Å². The minimum absolute atomic E-state index is 0.00940. The molecule has 4 aromatic heterocycles. The van der Waals surface area contributed by atoms with Gasteiger partial charge in [-0.2, -0.15) is 0 Å². The molecule has 16 rings (SSSR count). The van der Waals surface area contributed by atoms with E-state index in [1.807, 2.05) is 0 Å². The molecule has 0 amide bonds. The van der Waals surface area contributed by atoms with Crippen molar-refractivity contribution < 1.29 is 8.83 Å². The van der Waals surface area contributed by atoms with E-state index in [-0.39, 0.29) is 10.8 Å². The van der Waals surface area contributed by atoms with Crippen molar-refractivity contribution in [2.75, 3.05) is 9.80 Å². The molecule has 4 heterocycles. The lowest BCUT2D eigenvalue weighted by Crippen LogP contribution is -2.11. The number of benzene rings is 12. The highest BCUT2D eigenvalue weighted by Gasteiger charge is 2.26. The van der Waals surface area contributed by atoms with Crippen LogP contribution in [0.1, 0.15) is 52.7 Å². The molecular weight excluding hydrogens is 1020 g/mol. The maximum absolute atomic E-state index is 6.93. The van der Waals surface area contributed by atoms with Crippen molar-refractivity contribution in [3.05, 3.63) is 266 Å². The molecule has 0 radical (unpaired) electrons. The first-order valence-electron chi connectivity index (χ1n) is 29.1. The van der Waals surface area contributed by atoms with Crippen LogP contribution in [-0.2, 0) is 10.8 Å². The Morgan fingerprint density at radius 3 is 1.10 bits per heavy atom. The lowest BCUT2D eigenvalue weighted by molar-refractivity contribution is 0.589. The predicted molar refractivity (Wildman–Crippen MR) is 354 cm³/mol. The summed E-state index contributed by atoms with van der Waals surface area (Å²) in [4.78, 5) is 4.76. The molecule has 0 aliphatic carbocycles. The molecule has 0 saturated carbocycles. The van der Waals surface area contributed by atoms with Crippen LogP contribution in [0.2, 0.25) is 0 Å². The normalized spacial score (nSPS) is 12.4. The average molecular weight is 1090 g/mol. The fraction of sp³-hybridized carbons (Fsp3) is 0.103. The van der Waals surface area contributed by atoms with E-state index in [0.717, 1.165) is 111 Å². The fourth-order valence-electron chi connectivity index (χ4n) is 13.2. The van der Waals surface area contributed by atoms with Crippen LogP contribution >= 0.6 is 0 Å². The number of anilines is 6. The van der Waals surface area contributed by atoms with Crippen LogP contribution in [-0.4, -0.2) is 9.13 Å². The summed E-state index contributed by atoms with van der Waals surface area (Å²) in [7, 11) is 0. The first-order valence-corrected chi connectivity index (χ1v) is 29.1. The molecular formula is C78H60N4O2. The van der Waals surface area contributed by atoms with Gasteiger partial charge in [0.2, 0.25) is 0 Å². The van der Waals surface area contributed by atoms with Crippen LogP contribution in [0.4, 0.5) is 34.1 Å². The van der Waals surface area contributed by atoms with Crippen LogP contribution in [0.5, 0.6) is 0 Å². The summed E-state index contributed by atoms with van der Waals surface area (Å²) in [5, 5.41) is 11.2. The number of furan rings is 2. The summed E-state index contributed by atoms with van der Waals surface area (Å²) in [5.74, 6) is 0. The molecule has 0 bridgehead atoms. The van der Waals surface area contributed by atoms with E-state index >= 15 is 0 Å². The topological polar surface area (TPSA) is 42.6 Å². The van der Waals surface area contributed by atoms with E-state index in [1.165, 1.54) is 43.7 Å². The van der Waals surface area contributed by atoms with Crippen LogP contribution in [0, 0.1) is 0 Å². The number of rotatable bonds is 8. The second kappa shape index (κ2) is 18.6. The summed E-state index contributed by atoms with van der Waals surface area (Å²) in [6.07, 6.45) is 0. The number of nitrogens with zero attached hydrogens (tertiary/aromatic N) is 4. The van der Waals surface area contributed by atoms with Crippen LogP contribution in [0.15, 0.2) is 264 Å². The number of hydrogen-bond donors (Lipinski definition) is 0. The van der Waals surface area contributed by atoms with E-state index in [2.05, 4.69) is 315 Å². The molecule has 0 aliphatic rings. The fourth-order valence-corrected chi connectivity index (χ4v) is 13.2. The smallest absolute Gasteiger partial charge is 0.137 e. The predicted octanol–water partition coefficient (Wildman–Crippen LogP) is 22.4. The highest BCUT2D eigenvalue weighted by atomic mass is 16.3. The minimum Gasteiger partial charge on any atom is -0.456 e. The SMILES string of the molecule is CC(C)(C)c1cccc(-n2c3ccccc3c3c(N(c4ccccc4)c4ccc5c(c4)oc4cc6cc7c(cc6cc45)oc4cc(N(c5ccccc5)c5cccc6c5c5ccccc5n6-c5cccc(C(C)(C)C)c5)ccc47)cccc32)c1. The highest BCUT2D eigenvalue weighted by molar-refractivity contribution is 6.20. The molecule has 0 N–H and O–H groups in total. The quantitative estimate of drug-likeness (QED) is 0.152. The van der Waals surface area contributed by atoms with Crippen molar-refractivity contribution in [3.63, 3.8) is 0 Å². The van der Waals surface area contributed by atoms with Crippen molar-refractivity contribution in [2.24, 2.45) is 0 Å². The third-order valence-corrected chi connectivity index (χ3v) is 17.3. The highest BCUT2D eigenvalue weighted by Crippen LogP contribution is 2.48. The molecule has 16 aromatic rings. The molecule has 0 atom stereocenters. The molecule has 12 aromatic carbocycles. The van der Waals surface area contributed by atoms with E-state index in [1.54, 1.807) is 0 Å². The number of hydrogen-bond acceptors (Lipinski definition) is 4. The maximum Gasteiger partial charge on any atom is 0.137 e. The lowest BCUT2D eigenvalue weighted by atomic mass is 9.87. The Morgan fingerprint density at radius 2 is 0.667 bits per heavy atom. The molecule has 404 valence electrons. The van der Waals surface area contributed by atoms with Gasteiger partial charge in [0.05, 0.1) is 33.4 Å². The Labute approximate surface area is 487 Å².